The summed E-state index contributed by atoms with van der Waals surface area (Å²) >= 11 is 1.52. The molecule has 0 saturated carbocycles. The molecule has 0 radical (unpaired) electrons. The molecule has 0 atom stereocenters. The number of sulfonamides is 1. The van der Waals surface area contributed by atoms with E-state index in [1.807, 2.05) is 67.8 Å². The second-order valence-electron chi connectivity index (χ2n) is 7.14. The summed E-state index contributed by atoms with van der Waals surface area (Å²) in [7, 11) is -3.82. The minimum atomic E-state index is -3.82. The van der Waals surface area contributed by atoms with Crippen molar-refractivity contribution < 1.29 is 13.2 Å². The zero-order valence-electron chi connectivity index (χ0n) is 17.6. The Morgan fingerprint density at radius 2 is 1.58 bits per heavy atom. The topological polar surface area (TPSA) is 66.5 Å². The first-order valence-electron chi connectivity index (χ1n) is 9.94. The molecular formula is C24H26N2O3S2. The zero-order chi connectivity index (χ0) is 22.3. The number of amides is 1. The van der Waals surface area contributed by atoms with Gasteiger partial charge in [-0.3, -0.25) is 4.79 Å². The van der Waals surface area contributed by atoms with Gasteiger partial charge in [-0.2, -0.15) is 4.31 Å². The van der Waals surface area contributed by atoms with E-state index in [-0.39, 0.29) is 23.9 Å². The molecule has 3 rings (SSSR count). The molecule has 3 aromatic carbocycles. The van der Waals surface area contributed by atoms with Gasteiger partial charge < -0.3 is 5.32 Å². The number of hydrogen-bond acceptors (Lipinski definition) is 4. The molecule has 0 aliphatic rings. The monoisotopic (exact) mass is 454 g/mol. The molecule has 0 fully saturated rings. The lowest BCUT2D eigenvalue weighted by Crippen LogP contribution is -2.39. The predicted molar refractivity (Wildman–Crippen MR) is 127 cm³/mol. The van der Waals surface area contributed by atoms with Gasteiger partial charge in [0.25, 0.3) is 0 Å². The van der Waals surface area contributed by atoms with Gasteiger partial charge in [0.2, 0.25) is 15.9 Å². The summed E-state index contributed by atoms with van der Waals surface area (Å²) in [6.45, 7) is 1.85. The van der Waals surface area contributed by atoms with E-state index in [4.69, 9.17) is 0 Å². The van der Waals surface area contributed by atoms with Gasteiger partial charge in [0, 0.05) is 11.4 Å². The number of thioether (sulfide) groups is 1. The highest BCUT2D eigenvalue weighted by atomic mass is 32.2. The van der Waals surface area contributed by atoms with Crippen LogP contribution in [0.25, 0.3) is 0 Å². The largest absolute Gasteiger partial charge is 0.324 e. The third-order valence-corrected chi connectivity index (χ3v) is 7.51. The number of carbonyl (C=O) groups excluding carboxylic acids is 1. The van der Waals surface area contributed by atoms with Gasteiger partial charge in [-0.15, -0.1) is 11.8 Å². The SMILES string of the molecule is CSc1ccccc1NC(=O)CN(CCc1ccccc1)S(=O)(=O)c1ccc(C)cc1. The summed E-state index contributed by atoms with van der Waals surface area (Å²) in [4.78, 5) is 13.9. The van der Waals surface area contributed by atoms with Crippen molar-refractivity contribution in [1.82, 2.24) is 4.31 Å². The lowest BCUT2D eigenvalue weighted by Gasteiger charge is -2.22. The van der Waals surface area contributed by atoms with Crippen molar-refractivity contribution in [1.29, 1.82) is 0 Å². The van der Waals surface area contributed by atoms with Crippen LogP contribution in [0.5, 0.6) is 0 Å². The first kappa shape index (κ1) is 23.1. The summed E-state index contributed by atoms with van der Waals surface area (Å²) in [5.74, 6) is -0.370. The summed E-state index contributed by atoms with van der Waals surface area (Å²) in [6, 6.07) is 23.8. The molecule has 31 heavy (non-hydrogen) atoms. The van der Waals surface area contributed by atoms with Crippen LogP contribution in [-0.2, 0) is 21.2 Å². The van der Waals surface area contributed by atoms with Crippen LogP contribution in [0, 0.1) is 6.92 Å². The summed E-state index contributed by atoms with van der Waals surface area (Å²) < 4.78 is 27.9. The molecular weight excluding hydrogens is 428 g/mol. The number of benzene rings is 3. The van der Waals surface area contributed by atoms with Gasteiger partial charge in [-0.05, 0) is 49.4 Å². The van der Waals surface area contributed by atoms with Crippen LogP contribution >= 0.6 is 11.8 Å². The third kappa shape index (κ3) is 6.19. The maximum Gasteiger partial charge on any atom is 0.243 e. The quantitative estimate of drug-likeness (QED) is 0.480. The number of carbonyl (C=O) groups is 1. The molecule has 1 amide bonds. The van der Waals surface area contributed by atoms with Crippen LogP contribution in [0.2, 0.25) is 0 Å². The Bertz CT molecular complexity index is 1120. The number of aryl methyl sites for hydroxylation is 1. The van der Waals surface area contributed by atoms with Crippen LogP contribution in [0.4, 0.5) is 5.69 Å². The number of rotatable bonds is 9. The average Bonchev–Trinajstić information content (AvgIpc) is 2.78. The van der Waals surface area contributed by atoms with E-state index in [1.54, 1.807) is 24.3 Å². The van der Waals surface area contributed by atoms with Crippen LogP contribution < -0.4 is 5.32 Å². The van der Waals surface area contributed by atoms with E-state index in [0.29, 0.717) is 12.1 Å². The first-order chi connectivity index (χ1) is 14.9. The fourth-order valence-electron chi connectivity index (χ4n) is 3.14. The summed E-state index contributed by atoms with van der Waals surface area (Å²) in [6.07, 6.45) is 2.44. The van der Waals surface area contributed by atoms with Crippen molar-refractivity contribution in [2.24, 2.45) is 0 Å². The van der Waals surface area contributed by atoms with Gasteiger partial charge in [-0.25, -0.2) is 8.42 Å². The van der Waals surface area contributed by atoms with Gasteiger partial charge >= 0.3 is 0 Å². The fraction of sp³-hybridized carbons (Fsp3) is 0.208. The maximum atomic E-state index is 13.3. The molecule has 0 aliphatic carbocycles. The molecule has 1 N–H and O–H groups in total. The van der Waals surface area contributed by atoms with Crippen molar-refractivity contribution in [2.45, 2.75) is 23.1 Å². The molecule has 0 heterocycles. The first-order valence-corrected chi connectivity index (χ1v) is 12.6. The molecule has 3 aromatic rings. The number of nitrogens with one attached hydrogen (secondary N) is 1. The average molecular weight is 455 g/mol. The Morgan fingerprint density at radius 1 is 0.935 bits per heavy atom. The van der Waals surface area contributed by atoms with Crippen molar-refractivity contribution in [3.63, 3.8) is 0 Å². The smallest absolute Gasteiger partial charge is 0.243 e. The third-order valence-electron chi connectivity index (χ3n) is 4.85. The van der Waals surface area contributed by atoms with Crippen molar-refractivity contribution in [3.8, 4) is 0 Å². The molecule has 7 heteroatoms. The van der Waals surface area contributed by atoms with Gasteiger partial charge in [-0.1, -0.05) is 60.2 Å². The van der Waals surface area contributed by atoms with Crippen LogP contribution in [-0.4, -0.2) is 38.0 Å². The second kappa shape index (κ2) is 10.6. The lowest BCUT2D eigenvalue weighted by atomic mass is 10.1. The zero-order valence-corrected chi connectivity index (χ0v) is 19.2. The minimum absolute atomic E-state index is 0.184. The maximum absolute atomic E-state index is 13.3. The highest BCUT2D eigenvalue weighted by Gasteiger charge is 2.26. The lowest BCUT2D eigenvalue weighted by molar-refractivity contribution is -0.116. The highest BCUT2D eigenvalue weighted by Crippen LogP contribution is 2.25. The Balaban J connectivity index is 1.82. The van der Waals surface area contributed by atoms with E-state index >= 15 is 0 Å². The minimum Gasteiger partial charge on any atom is -0.324 e. The van der Waals surface area contributed by atoms with Crippen molar-refractivity contribution in [2.75, 3.05) is 24.7 Å². The number of nitrogens with zero attached hydrogens (tertiary/aromatic N) is 1. The Labute approximate surface area is 188 Å². The summed E-state index contributed by atoms with van der Waals surface area (Å²) in [5.41, 5.74) is 2.66. The Hall–Kier alpha value is -2.61. The van der Waals surface area contributed by atoms with Crippen LogP contribution in [0.1, 0.15) is 11.1 Å². The van der Waals surface area contributed by atoms with Crippen LogP contribution in [0.3, 0.4) is 0 Å². The van der Waals surface area contributed by atoms with E-state index in [0.717, 1.165) is 16.0 Å². The Morgan fingerprint density at radius 3 is 2.26 bits per heavy atom. The molecule has 0 spiro atoms. The molecule has 0 aromatic heterocycles. The van der Waals surface area contributed by atoms with Crippen LogP contribution in [0.15, 0.2) is 88.7 Å². The second-order valence-corrected chi connectivity index (χ2v) is 9.92. The predicted octanol–water partition coefficient (Wildman–Crippen LogP) is 4.59. The Kier molecular flexibility index (Phi) is 7.90. The highest BCUT2D eigenvalue weighted by molar-refractivity contribution is 7.98. The molecule has 5 nitrogen and oxygen atoms in total. The van der Waals surface area contributed by atoms with E-state index in [9.17, 15) is 13.2 Å². The van der Waals surface area contributed by atoms with E-state index in [1.165, 1.54) is 16.1 Å². The van der Waals surface area contributed by atoms with Crippen molar-refractivity contribution in [3.05, 3.63) is 90.0 Å². The van der Waals surface area contributed by atoms with E-state index in [2.05, 4.69) is 5.32 Å². The molecule has 0 aliphatic heterocycles. The molecule has 0 unspecified atom stereocenters. The molecule has 0 saturated heterocycles. The van der Waals surface area contributed by atoms with E-state index < -0.39 is 10.0 Å². The standard InChI is InChI=1S/C24H26N2O3S2/c1-19-12-14-21(15-13-19)31(28,29)26(17-16-20-8-4-3-5-9-20)18-24(27)25-22-10-6-7-11-23(22)30-2/h3-15H,16-18H2,1-2H3,(H,25,27). The van der Waals surface area contributed by atoms with Gasteiger partial charge in [0.05, 0.1) is 17.1 Å². The van der Waals surface area contributed by atoms with Gasteiger partial charge in [0.15, 0.2) is 0 Å². The molecule has 162 valence electrons. The van der Waals surface area contributed by atoms with Gasteiger partial charge in [0.1, 0.15) is 0 Å². The number of para-hydroxylation sites is 1. The number of anilines is 1. The molecule has 0 bridgehead atoms. The number of hydrogen-bond donors (Lipinski definition) is 1. The summed E-state index contributed by atoms with van der Waals surface area (Å²) in [5, 5.41) is 2.86. The normalized spacial score (nSPS) is 11.5. The fourth-order valence-corrected chi connectivity index (χ4v) is 5.09. The van der Waals surface area contributed by atoms with Crippen molar-refractivity contribution >= 4 is 33.4 Å².